The van der Waals surface area contributed by atoms with Crippen LogP contribution in [0, 0.1) is 6.92 Å². The van der Waals surface area contributed by atoms with Crippen molar-refractivity contribution in [1.29, 1.82) is 0 Å². The molecule has 0 radical (unpaired) electrons. The first-order chi connectivity index (χ1) is 7.33. The van der Waals surface area contributed by atoms with Crippen molar-refractivity contribution >= 4 is 32.9 Å². The fraction of sp³-hybridized carbons (Fsp3) is 0.0909. The first-order valence-electron chi connectivity index (χ1n) is 4.59. The molecule has 74 valence electrons. The summed E-state index contributed by atoms with van der Waals surface area (Å²) < 4.78 is 1.22. The Hall–Kier alpha value is -1.26. The molecule has 0 bridgehead atoms. The topological polar surface area (TPSA) is 25.8 Å². The summed E-state index contributed by atoms with van der Waals surface area (Å²) >= 11 is 3.36. The highest BCUT2D eigenvalue weighted by molar-refractivity contribution is 7.16. The number of fused-ring (bicyclic) bond motifs is 1. The van der Waals surface area contributed by atoms with E-state index in [0.29, 0.717) is 0 Å². The van der Waals surface area contributed by atoms with E-state index in [9.17, 15) is 0 Å². The molecule has 4 heteroatoms. The average Bonchev–Trinajstić information content (AvgIpc) is 2.84. The summed E-state index contributed by atoms with van der Waals surface area (Å²) in [5, 5.41) is 3.16. The third-order valence-electron chi connectivity index (χ3n) is 2.20. The monoisotopic (exact) mass is 232 g/mol. The van der Waals surface area contributed by atoms with Crippen LogP contribution in [0.3, 0.4) is 0 Å². The van der Waals surface area contributed by atoms with Crippen molar-refractivity contribution in [1.82, 2.24) is 9.97 Å². The summed E-state index contributed by atoms with van der Waals surface area (Å²) in [5.74, 6) is 0. The normalized spacial score (nSPS) is 11.0. The molecule has 0 unspecified atom stereocenters. The lowest BCUT2D eigenvalue weighted by Crippen LogP contribution is -1.76. The SMILES string of the molecule is Cc1csc(-c2ccc3ncsc3c2)n1. The van der Waals surface area contributed by atoms with Gasteiger partial charge in [-0.3, -0.25) is 0 Å². The minimum absolute atomic E-state index is 1.07. The van der Waals surface area contributed by atoms with E-state index in [1.807, 2.05) is 12.4 Å². The Morgan fingerprint density at radius 3 is 2.93 bits per heavy atom. The molecule has 1 aromatic carbocycles. The Bertz CT molecular complexity index is 610. The van der Waals surface area contributed by atoms with Gasteiger partial charge in [0.2, 0.25) is 0 Å². The highest BCUT2D eigenvalue weighted by Crippen LogP contribution is 2.28. The molecule has 2 aromatic heterocycles. The molecular formula is C11H8N2S2. The smallest absolute Gasteiger partial charge is 0.123 e. The molecule has 15 heavy (non-hydrogen) atoms. The van der Waals surface area contributed by atoms with Crippen molar-refractivity contribution in [2.45, 2.75) is 6.92 Å². The molecule has 3 aromatic rings. The zero-order valence-electron chi connectivity index (χ0n) is 8.10. The summed E-state index contributed by atoms with van der Waals surface area (Å²) in [6, 6.07) is 6.30. The predicted molar refractivity (Wildman–Crippen MR) is 65.5 cm³/mol. The van der Waals surface area contributed by atoms with Crippen molar-refractivity contribution in [2.24, 2.45) is 0 Å². The lowest BCUT2D eigenvalue weighted by Gasteiger charge is -1.95. The molecule has 0 atom stereocenters. The van der Waals surface area contributed by atoms with E-state index in [1.165, 1.54) is 10.3 Å². The Morgan fingerprint density at radius 1 is 1.20 bits per heavy atom. The summed E-state index contributed by atoms with van der Waals surface area (Å²) in [6.07, 6.45) is 0. The van der Waals surface area contributed by atoms with E-state index in [0.717, 1.165) is 16.2 Å². The van der Waals surface area contributed by atoms with Crippen LogP contribution in [-0.4, -0.2) is 9.97 Å². The third-order valence-corrected chi connectivity index (χ3v) is 4.00. The summed E-state index contributed by atoms with van der Waals surface area (Å²) in [6.45, 7) is 2.02. The fourth-order valence-corrected chi connectivity index (χ4v) is 2.99. The van der Waals surface area contributed by atoms with Gasteiger partial charge in [-0.15, -0.1) is 22.7 Å². The van der Waals surface area contributed by atoms with Crippen molar-refractivity contribution in [2.75, 3.05) is 0 Å². The van der Waals surface area contributed by atoms with E-state index in [-0.39, 0.29) is 0 Å². The summed E-state index contributed by atoms with van der Waals surface area (Å²) in [5.41, 5.74) is 5.21. The van der Waals surface area contributed by atoms with Gasteiger partial charge in [-0.05, 0) is 25.1 Å². The highest BCUT2D eigenvalue weighted by atomic mass is 32.1. The Balaban J connectivity index is 2.18. The van der Waals surface area contributed by atoms with Gasteiger partial charge in [-0.25, -0.2) is 9.97 Å². The maximum atomic E-state index is 4.47. The molecule has 0 N–H and O–H groups in total. The van der Waals surface area contributed by atoms with E-state index < -0.39 is 0 Å². The molecule has 2 nitrogen and oxygen atoms in total. The predicted octanol–water partition coefficient (Wildman–Crippen LogP) is 3.73. The lowest BCUT2D eigenvalue weighted by molar-refractivity contribution is 1.27. The number of thiazole rings is 2. The van der Waals surface area contributed by atoms with Gasteiger partial charge in [0.15, 0.2) is 0 Å². The van der Waals surface area contributed by atoms with Crippen LogP contribution >= 0.6 is 22.7 Å². The Labute approximate surface area is 95.3 Å². The second-order valence-corrected chi connectivity index (χ2v) is 5.07. The van der Waals surface area contributed by atoms with Crippen LogP contribution in [-0.2, 0) is 0 Å². The largest absolute Gasteiger partial charge is 0.245 e. The molecule has 0 saturated carbocycles. The van der Waals surface area contributed by atoms with Crippen molar-refractivity contribution in [3.63, 3.8) is 0 Å². The number of aromatic nitrogens is 2. The Morgan fingerprint density at radius 2 is 2.13 bits per heavy atom. The number of rotatable bonds is 1. The molecule has 0 aliphatic heterocycles. The number of hydrogen-bond donors (Lipinski definition) is 0. The zero-order valence-corrected chi connectivity index (χ0v) is 9.73. The van der Waals surface area contributed by atoms with E-state index in [2.05, 4.69) is 33.5 Å². The van der Waals surface area contributed by atoms with Gasteiger partial charge in [-0.2, -0.15) is 0 Å². The first-order valence-corrected chi connectivity index (χ1v) is 6.34. The number of benzene rings is 1. The fourth-order valence-electron chi connectivity index (χ4n) is 1.47. The molecule has 0 aliphatic carbocycles. The molecule has 0 amide bonds. The third kappa shape index (κ3) is 1.56. The zero-order chi connectivity index (χ0) is 10.3. The van der Waals surface area contributed by atoms with Gasteiger partial charge < -0.3 is 0 Å². The molecule has 0 saturated heterocycles. The van der Waals surface area contributed by atoms with Gasteiger partial charge >= 0.3 is 0 Å². The molecule has 2 heterocycles. The second-order valence-electron chi connectivity index (χ2n) is 3.33. The van der Waals surface area contributed by atoms with Crippen LogP contribution in [0.5, 0.6) is 0 Å². The minimum Gasteiger partial charge on any atom is -0.245 e. The van der Waals surface area contributed by atoms with Crippen molar-refractivity contribution in [3.8, 4) is 10.6 Å². The van der Waals surface area contributed by atoms with Gasteiger partial charge in [0.25, 0.3) is 0 Å². The maximum Gasteiger partial charge on any atom is 0.123 e. The van der Waals surface area contributed by atoms with Crippen molar-refractivity contribution < 1.29 is 0 Å². The van der Waals surface area contributed by atoms with Gasteiger partial charge in [0, 0.05) is 16.6 Å². The van der Waals surface area contributed by atoms with Gasteiger partial charge in [-0.1, -0.05) is 0 Å². The van der Waals surface area contributed by atoms with Crippen LogP contribution < -0.4 is 0 Å². The van der Waals surface area contributed by atoms with Crippen molar-refractivity contribution in [3.05, 3.63) is 34.8 Å². The van der Waals surface area contributed by atoms with E-state index >= 15 is 0 Å². The van der Waals surface area contributed by atoms with E-state index in [4.69, 9.17) is 0 Å². The number of hydrogen-bond acceptors (Lipinski definition) is 4. The quantitative estimate of drug-likeness (QED) is 0.639. The van der Waals surface area contributed by atoms with Crippen LogP contribution in [0.25, 0.3) is 20.8 Å². The van der Waals surface area contributed by atoms with Crippen LogP contribution in [0.2, 0.25) is 0 Å². The van der Waals surface area contributed by atoms with Crippen LogP contribution in [0.4, 0.5) is 0 Å². The first kappa shape index (κ1) is 9.00. The number of aryl methyl sites for hydroxylation is 1. The van der Waals surface area contributed by atoms with Crippen LogP contribution in [0.15, 0.2) is 29.1 Å². The van der Waals surface area contributed by atoms with Crippen LogP contribution in [0.1, 0.15) is 5.69 Å². The van der Waals surface area contributed by atoms with Gasteiger partial charge in [0.05, 0.1) is 15.7 Å². The van der Waals surface area contributed by atoms with E-state index in [1.54, 1.807) is 22.7 Å². The molecular weight excluding hydrogens is 224 g/mol. The second kappa shape index (κ2) is 3.40. The molecule has 0 spiro atoms. The molecule has 3 rings (SSSR count). The molecule has 0 aliphatic rings. The average molecular weight is 232 g/mol. The number of nitrogens with zero attached hydrogens (tertiary/aromatic N) is 2. The standard InChI is InChI=1S/C11H8N2S2/c1-7-5-14-11(13-7)8-2-3-9-10(4-8)15-6-12-9/h2-6H,1H3. The summed E-state index contributed by atoms with van der Waals surface area (Å²) in [4.78, 5) is 8.74. The van der Waals surface area contributed by atoms with Gasteiger partial charge in [0.1, 0.15) is 5.01 Å². The maximum absolute atomic E-state index is 4.47. The lowest BCUT2D eigenvalue weighted by atomic mass is 10.2. The molecule has 0 fully saturated rings. The highest BCUT2D eigenvalue weighted by Gasteiger charge is 2.04. The summed E-state index contributed by atoms with van der Waals surface area (Å²) in [7, 11) is 0. The minimum atomic E-state index is 1.07. The Kier molecular flexibility index (Phi) is 2.04.